The molecule has 0 saturated heterocycles. The second kappa shape index (κ2) is 22.5. The molecule has 3 aromatic rings. The molecule has 14 heteroatoms. The highest BCUT2D eigenvalue weighted by molar-refractivity contribution is 7.96. The maximum Gasteiger partial charge on any atom is 0.407 e. The van der Waals surface area contributed by atoms with Crippen LogP contribution in [0.2, 0.25) is 0 Å². The van der Waals surface area contributed by atoms with Crippen LogP contribution in [0.15, 0.2) is 89.8 Å². The molecule has 2 amide bonds. The lowest BCUT2D eigenvalue weighted by Crippen LogP contribution is -2.47. The van der Waals surface area contributed by atoms with Gasteiger partial charge in [-0.3, -0.25) is 20.1 Å². The van der Waals surface area contributed by atoms with Crippen LogP contribution < -0.4 is 10.6 Å². The Morgan fingerprint density at radius 1 is 0.938 bits per heavy atom. The zero-order valence-corrected chi connectivity index (χ0v) is 28.4. The Labute approximate surface area is 285 Å². The molecule has 0 saturated carbocycles. The number of aliphatic hydroxyl groups excluding tert-OH is 1. The predicted molar refractivity (Wildman–Crippen MR) is 183 cm³/mol. The lowest BCUT2D eigenvalue weighted by Gasteiger charge is -2.35. The number of halogens is 1. The van der Waals surface area contributed by atoms with Gasteiger partial charge < -0.3 is 20.5 Å². The van der Waals surface area contributed by atoms with Gasteiger partial charge in [-0.05, 0) is 54.9 Å². The molecule has 0 aromatic heterocycles. The zero-order valence-electron chi connectivity index (χ0n) is 27.5. The van der Waals surface area contributed by atoms with Gasteiger partial charge in [0.25, 0.3) is 5.69 Å². The summed E-state index contributed by atoms with van der Waals surface area (Å²) >= 11 is 0.911. The molecule has 3 aromatic carbocycles. The monoisotopic (exact) mass is 687 g/mol. The molecule has 12 nitrogen and oxygen atoms in total. The van der Waals surface area contributed by atoms with Gasteiger partial charge in [0.1, 0.15) is 6.17 Å². The summed E-state index contributed by atoms with van der Waals surface area (Å²) < 4.78 is 19.6. The number of benzene rings is 3. The quantitative estimate of drug-likeness (QED) is 0.0734. The molecule has 2 atom stereocenters. The highest BCUT2D eigenvalue weighted by Gasteiger charge is 2.26. The number of alkyl carbamates (subject to hydrolysis) is 1. The second-order valence-electron chi connectivity index (χ2n) is 11.2. The summed E-state index contributed by atoms with van der Waals surface area (Å²) in [7, 11) is 1.16. The van der Waals surface area contributed by atoms with E-state index in [1.165, 1.54) is 40.4 Å². The van der Waals surface area contributed by atoms with Crippen molar-refractivity contribution >= 4 is 29.6 Å². The van der Waals surface area contributed by atoms with Crippen LogP contribution in [0.5, 0.6) is 0 Å². The summed E-state index contributed by atoms with van der Waals surface area (Å²) in [4.78, 5) is 33.5. The van der Waals surface area contributed by atoms with E-state index < -0.39 is 29.1 Å². The van der Waals surface area contributed by atoms with Gasteiger partial charge in [-0.15, -0.1) is 0 Å². The van der Waals surface area contributed by atoms with E-state index >= 15 is 0 Å². The van der Waals surface area contributed by atoms with Crippen LogP contribution >= 0.6 is 11.9 Å². The first-order valence-electron chi connectivity index (χ1n) is 15.6. The number of alkyl halides is 1. The summed E-state index contributed by atoms with van der Waals surface area (Å²) in [5.41, 5.74) is 2.66. The number of nitro groups is 1. The summed E-state index contributed by atoms with van der Waals surface area (Å²) in [5.74, 6) is -0.270. The molecule has 3 rings (SSSR count). The van der Waals surface area contributed by atoms with Crippen LogP contribution in [0.3, 0.4) is 0 Å². The van der Waals surface area contributed by atoms with Crippen molar-refractivity contribution < 1.29 is 34.0 Å². The average molecular weight is 688 g/mol. The van der Waals surface area contributed by atoms with Gasteiger partial charge in [0.05, 0.1) is 31.2 Å². The van der Waals surface area contributed by atoms with Crippen LogP contribution in [0.4, 0.5) is 14.9 Å². The third kappa shape index (κ3) is 16.2. The van der Waals surface area contributed by atoms with E-state index in [1.807, 2.05) is 13.8 Å². The Morgan fingerprint density at radius 3 is 2.02 bits per heavy atom. The molecule has 0 fully saturated rings. The van der Waals surface area contributed by atoms with Crippen molar-refractivity contribution in [3.05, 3.63) is 106 Å². The van der Waals surface area contributed by atoms with E-state index in [0.717, 1.165) is 30.1 Å². The van der Waals surface area contributed by atoms with Gasteiger partial charge in [0, 0.05) is 42.1 Å². The summed E-state index contributed by atoms with van der Waals surface area (Å²) in [6.45, 7) is 3.43. The number of nitrogens with zero attached hydrogens (tertiary/aromatic N) is 3. The fraction of sp³-hybridized carbons (Fsp3) is 0.412. The van der Waals surface area contributed by atoms with Crippen molar-refractivity contribution in [2.45, 2.75) is 56.6 Å². The van der Waals surface area contributed by atoms with Gasteiger partial charge >= 0.3 is 6.09 Å². The fourth-order valence-corrected chi connectivity index (χ4v) is 5.09. The predicted octanol–water partition coefficient (Wildman–Crippen LogP) is 5.79. The van der Waals surface area contributed by atoms with Crippen molar-refractivity contribution in [3.8, 4) is 0 Å². The lowest BCUT2D eigenvalue weighted by molar-refractivity contribution is -0.384. The van der Waals surface area contributed by atoms with Crippen molar-refractivity contribution in [2.75, 3.05) is 33.4 Å². The van der Waals surface area contributed by atoms with Crippen molar-refractivity contribution in [2.24, 2.45) is 5.92 Å². The van der Waals surface area contributed by atoms with Crippen LogP contribution in [-0.2, 0) is 16.0 Å². The van der Waals surface area contributed by atoms with Crippen LogP contribution in [-0.4, -0.2) is 82.4 Å². The third-order valence-corrected chi connectivity index (χ3v) is 7.88. The smallest absolute Gasteiger partial charge is 0.407 e. The normalized spacial score (nSPS) is 12.2. The number of hydrogen-bond acceptors (Lipinski definition) is 10. The van der Waals surface area contributed by atoms with Crippen molar-refractivity contribution in [3.63, 3.8) is 0 Å². The maximum atomic E-state index is 14.4. The molecule has 0 aliphatic carbocycles. The first-order chi connectivity index (χ1) is 23.0. The number of nitro benzene ring substituents is 1. The van der Waals surface area contributed by atoms with E-state index in [-0.39, 0.29) is 38.2 Å². The molecule has 0 heterocycles. The molecule has 2 unspecified atom stereocenters. The minimum atomic E-state index is -1.41. The third-order valence-electron chi connectivity index (χ3n) is 7.03. The minimum Gasteiger partial charge on any atom is -0.453 e. The number of carbonyl (C=O) groups excluding carboxylic acids is 2. The maximum absolute atomic E-state index is 14.4. The Bertz CT molecular complexity index is 1320. The number of carbonyl (C=O) groups is 2. The zero-order chi connectivity index (χ0) is 35.3. The first-order valence-corrected chi connectivity index (χ1v) is 16.4. The summed E-state index contributed by atoms with van der Waals surface area (Å²) in [6, 6.07) is 26.1. The number of amides is 2. The largest absolute Gasteiger partial charge is 0.453 e. The lowest BCUT2D eigenvalue weighted by atomic mass is 10.1. The molecule has 0 spiro atoms. The Hall–Kier alpha value is -4.08. The van der Waals surface area contributed by atoms with Gasteiger partial charge in [-0.25, -0.2) is 14.2 Å². The van der Waals surface area contributed by atoms with E-state index in [0.29, 0.717) is 23.8 Å². The minimum absolute atomic E-state index is 0.00412. The van der Waals surface area contributed by atoms with Gasteiger partial charge in [0.15, 0.2) is 0 Å². The number of hydrogen-bond donors (Lipinski definition) is 4. The van der Waals surface area contributed by atoms with Gasteiger partial charge in [0.2, 0.25) is 5.91 Å². The van der Waals surface area contributed by atoms with Crippen molar-refractivity contribution in [1.82, 2.24) is 20.2 Å². The number of rotatable bonds is 18. The van der Waals surface area contributed by atoms with Crippen molar-refractivity contribution in [1.29, 1.82) is 0 Å². The van der Waals surface area contributed by atoms with E-state index in [4.69, 9.17) is 0 Å². The molecule has 0 bridgehead atoms. The highest BCUT2D eigenvalue weighted by Crippen LogP contribution is 2.27. The molecular formula is C34H46FN5O7S. The number of methoxy groups -OCH3 is 1. The Morgan fingerprint density at radius 2 is 1.52 bits per heavy atom. The number of aliphatic hydroxyl groups is 1. The van der Waals surface area contributed by atoms with Crippen LogP contribution in [0.25, 0.3) is 0 Å². The highest BCUT2D eigenvalue weighted by atomic mass is 32.2. The number of hydrazine groups is 1. The second-order valence-corrected chi connectivity index (χ2v) is 12.2. The van der Waals surface area contributed by atoms with Crippen LogP contribution in [0.1, 0.15) is 44.2 Å². The van der Waals surface area contributed by atoms with E-state index in [9.17, 15) is 34.4 Å². The number of non-ortho nitro benzene ring substituents is 1. The topological polar surface area (TPSA) is 158 Å². The SMILES string of the molecule is COC(=O)NCC(=O)NCC(F)CCC(CO)N(CCC(C)C)N(O)Sc1ccc([N+](=O)[O-])cc1.c1ccc(Cc2ccccc2)cc1. The van der Waals surface area contributed by atoms with Gasteiger partial charge in [-0.2, -0.15) is 0 Å². The first kappa shape index (κ1) is 40.1. The van der Waals surface area contributed by atoms with Crippen LogP contribution in [0, 0.1) is 16.0 Å². The Kier molecular flexibility index (Phi) is 18.8. The summed E-state index contributed by atoms with van der Waals surface area (Å²) in [6.07, 6.45) is -0.274. The average Bonchev–Trinajstić information content (AvgIpc) is 3.08. The standard InChI is InChI=1S/C21H34FN5O7S.C13H12/c1-15(2)10-11-25(27(33)35-19-8-6-17(7-9-19)26(31)32)18(14-28)5-4-16(22)12-23-20(29)13-24-21(30)34-3;1-3-7-12(8-4-1)11-13-9-5-2-6-10-13/h6-9,15-16,18,28,33H,4-5,10-14H2,1-3H3,(H,23,29)(H,24,30);1-10H,11H2. The molecule has 0 aliphatic rings. The molecule has 262 valence electrons. The molecular weight excluding hydrogens is 641 g/mol. The number of ether oxygens (including phenoxy) is 1. The Balaban J connectivity index is 0.000000505. The van der Waals surface area contributed by atoms with E-state index in [1.54, 1.807) is 0 Å². The molecule has 4 N–H and O–H groups in total. The fourth-order valence-electron chi connectivity index (χ4n) is 4.32. The molecule has 48 heavy (non-hydrogen) atoms. The number of nitrogens with one attached hydrogen (secondary N) is 2. The van der Waals surface area contributed by atoms with E-state index in [2.05, 4.69) is 76.0 Å². The molecule has 0 radical (unpaired) electrons. The van der Waals surface area contributed by atoms with Gasteiger partial charge in [-0.1, -0.05) is 79.1 Å². The molecule has 0 aliphatic heterocycles. The summed E-state index contributed by atoms with van der Waals surface area (Å²) in [5, 5.41) is 37.6.